The quantitative estimate of drug-likeness (QED) is 0.549. The maximum atomic E-state index is 13.0. The number of nitrogens with one attached hydrogen (secondary N) is 1. The molecule has 1 aromatic heterocycles. The van der Waals surface area contributed by atoms with E-state index in [-0.39, 0.29) is 18.0 Å². The molecule has 0 atom stereocenters. The second kappa shape index (κ2) is 8.09. The number of hydrogen-bond acceptors (Lipinski definition) is 4. The Kier molecular flexibility index (Phi) is 5.47. The topological polar surface area (TPSA) is 58.2 Å². The minimum Gasteiger partial charge on any atom is -0.406 e. The second-order valence-electron chi connectivity index (χ2n) is 7.83. The lowest BCUT2D eigenvalue weighted by molar-refractivity contribution is -0.274. The van der Waals surface area contributed by atoms with Crippen LogP contribution in [0.25, 0.3) is 11.3 Å². The van der Waals surface area contributed by atoms with Crippen molar-refractivity contribution in [1.29, 1.82) is 0 Å². The third kappa shape index (κ3) is 4.57. The molecule has 31 heavy (non-hydrogen) atoms. The van der Waals surface area contributed by atoms with Crippen LogP contribution in [0.5, 0.6) is 5.75 Å². The number of hydrogen-bond donors (Lipinski definition) is 1. The number of anilines is 1. The van der Waals surface area contributed by atoms with Gasteiger partial charge >= 0.3 is 6.36 Å². The van der Waals surface area contributed by atoms with Gasteiger partial charge in [0.1, 0.15) is 5.75 Å². The number of fused-ring (bicyclic) bond motifs is 1. The average Bonchev–Trinajstić information content (AvgIpc) is 3.37. The Morgan fingerprint density at radius 2 is 1.94 bits per heavy atom. The van der Waals surface area contributed by atoms with E-state index in [0.717, 1.165) is 35.5 Å². The highest BCUT2D eigenvalue weighted by Gasteiger charge is 2.31. The van der Waals surface area contributed by atoms with Crippen molar-refractivity contribution in [3.8, 4) is 17.0 Å². The number of halogens is 3. The summed E-state index contributed by atoms with van der Waals surface area (Å²) in [6.45, 7) is 5.15. The third-order valence-corrected chi connectivity index (χ3v) is 5.36. The number of alkyl halides is 3. The van der Waals surface area contributed by atoms with E-state index in [1.165, 1.54) is 24.3 Å². The van der Waals surface area contributed by atoms with Crippen LogP contribution in [-0.2, 0) is 12.8 Å². The highest BCUT2D eigenvalue weighted by Crippen LogP contribution is 2.40. The first-order chi connectivity index (χ1) is 14.7. The van der Waals surface area contributed by atoms with Crippen molar-refractivity contribution in [1.82, 2.24) is 10.2 Å². The summed E-state index contributed by atoms with van der Waals surface area (Å²) in [6, 6.07) is 11.4. The molecule has 8 heteroatoms. The maximum absolute atomic E-state index is 13.0. The zero-order valence-electron chi connectivity index (χ0n) is 17.2. The van der Waals surface area contributed by atoms with Crippen LogP contribution in [0.15, 0.2) is 48.7 Å². The van der Waals surface area contributed by atoms with Crippen LogP contribution >= 0.6 is 0 Å². The van der Waals surface area contributed by atoms with E-state index in [1.807, 2.05) is 18.2 Å². The molecule has 0 radical (unpaired) electrons. The maximum Gasteiger partial charge on any atom is 0.573 e. The lowest BCUT2D eigenvalue weighted by Crippen LogP contribution is -2.28. The Bertz CT molecular complexity index is 1070. The standard InChI is InChI=1S/C23H22F3N3O2/c1-14(2)29-10-8-16-12-17(13-19(22(16)29)20-7-9-27-28-20)21(30)11-15-3-5-18(6-4-15)31-23(24,25)26/h3-7,9,12-14H,8,10-11H2,1-2H3,(H,27,28). The van der Waals surface area contributed by atoms with E-state index >= 15 is 0 Å². The number of benzene rings is 2. The minimum atomic E-state index is -4.74. The average molecular weight is 429 g/mol. The van der Waals surface area contributed by atoms with E-state index in [2.05, 4.69) is 33.7 Å². The summed E-state index contributed by atoms with van der Waals surface area (Å²) in [4.78, 5) is 15.3. The Hall–Kier alpha value is -3.29. The van der Waals surface area contributed by atoms with Crippen molar-refractivity contribution in [2.45, 2.75) is 39.1 Å². The summed E-state index contributed by atoms with van der Waals surface area (Å²) in [6.07, 6.45) is -2.13. The first-order valence-corrected chi connectivity index (χ1v) is 10.0. The highest BCUT2D eigenvalue weighted by molar-refractivity contribution is 6.00. The van der Waals surface area contributed by atoms with Crippen molar-refractivity contribution >= 4 is 11.5 Å². The van der Waals surface area contributed by atoms with Crippen molar-refractivity contribution < 1.29 is 22.7 Å². The van der Waals surface area contributed by atoms with Gasteiger partial charge in [-0.2, -0.15) is 5.10 Å². The number of ketones is 1. The fraction of sp³-hybridized carbons (Fsp3) is 0.304. The molecule has 1 N–H and O–H groups in total. The van der Waals surface area contributed by atoms with Crippen molar-refractivity contribution in [3.05, 3.63) is 65.4 Å². The van der Waals surface area contributed by atoms with Gasteiger partial charge in [0.05, 0.1) is 5.69 Å². The van der Waals surface area contributed by atoms with E-state index in [4.69, 9.17) is 0 Å². The third-order valence-electron chi connectivity index (χ3n) is 5.36. The summed E-state index contributed by atoms with van der Waals surface area (Å²) >= 11 is 0. The highest BCUT2D eigenvalue weighted by atomic mass is 19.4. The van der Waals surface area contributed by atoms with Crippen LogP contribution in [-0.4, -0.2) is 34.9 Å². The Balaban J connectivity index is 1.61. The molecule has 3 aromatic rings. The van der Waals surface area contributed by atoms with Crippen molar-refractivity contribution in [2.75, 3.05) is 11.4 Å². The van der Waals surface area contributed by atoms with Crippen LogP contribution in [0.2, 0.25) is 0 Å². The normalized spacial score (nSPS) is 13.5. The molecular weight excluding hydrogens is 407 g/mol. The summed E-state index contributed by atoms with van der Waals surface area (Å²) in [5.41, 5.74) is 5.18. The molecular formula is C23H22F3N3O2. The lowest BCUT2D eigenvalue weighted by atomic mass is 9.95. The second-order valence-corrected chi connectivity index (χ2v) is 7.83. The first kappa shape index (κ1) is 21.0. The Morgan fingerprint density at radius 3 is 2.55 bits per heavy atom. The fourth-order valence-corrected chi connectivity index (χ4v) is 3.96. The van der Waals surface area contributed by atoms with Gasteiger partial charge in [-0.15, -0.1) is 13.2 Å². The van der Waals surface area contributed by atoms with Gasteiger partial charge in [-0.25, -0.2) is 0 Å². The van der Waals surface area contributed by atoms with Gasteiger partial charge in [-0.3, -0.25) is 9.89 Å². The van der Waals surface area contributed by atoms with Crippen LogP contribution < -0.4 is 9.64 Å². The molecule has 1 aliphatic heterocycles. The number of ether oxygens (including phenoxy) is 1. The molecule has 2 heterocycles. The largest absolute Gasteiger partial charge is 0.573 e. The van der Waals surface area contributed by atoms with Crippen molar-refractivity contribution in [3.63, 3.8) is 0 Å². The summed E-state index contributed by atoms with van der Waals surface area (Å²) < 4.78 is 40.9. The summed E-state index contributed by atoms with van der Waals surface area (Å²) in [7, 11) is 0. The van der Waals surface area contributed by atoms with Gasteiger partial charge in [-0.05, 0) is 61.7 Å². The van der Waals surface area contributed by atoms with Crippen molar-refractivity contribution in [2.24, 2.45) is 0 Å². The molecule has 5 nitrogen and oxygen atoms in total. The van der Waals surface area contributed by atoms with Gasteiger partial charge < -0.3 is 9.64 Å². The van der Waals surface area contributed by atoms with E-state index in [1.54, 1.807) is 6.20 Å². The van der Waals surface area contributed by atoms with Gasteiger partial charge in [0, 0.05) is 42.0 Å². The van der Waals surface area contributed by atoms with Gasteiger partial charge in [0.2, 0.25) is 0 Å². The monoisotopic (exact) mass is 429 g/mol. The predicted molar refractivity (Wildman–Crippen MR) is 111 cm³/mol. The van der Waals surface area contributed by atoms with Crippen LogP contribution in [0.3, 0.4) is 0 Å². The molecule has 0 saturated heterocycles. The van der Waals surface area contributed by atoms with Gasteiger partial charge in [0.25, 0.3) is 0 Å². The van der Waals surface area contributed by atoms with Gasteiger partial charge in [-0.1, -0.05) is 12.1 Å². The van der Waals surface area contributed by atoms with Gasteiger partial charge in [0.15, 0.2) is 5.78 Å². The molecule has 2 aromatic carbocycles. The smallest absolute Gasteiger partial charge is 0.406 e. The number of rotatable bonds is 6. The molecule has 0 amide bonds. The minimum absolute atomic E-state index is 0.0847. The molecule has 0 aliphatic carbocycles. The fourth-order valence-electron chi connectivity index (χ4n) is 3.96. The van der Waals surface area contributed by atoms with Crippen LogP contribution in [0.4, 0.5) is 18.9 Å². The summed E-state index contributed by atoms with van der Waals surface area (Å²) in [5, 5.41) is 7.04. The zero-order valence-corrected chi connectivity index (χ0v) is 17.2. The number of carbonyl (C=O) groups excluding carboxylic acids is 1. The SMILES string of the molecule is CC(C)N1CCc2cc(C(=O)Cc3ccc(OC(F)(F)F)cc3)cc(-c3ccn[nH]3)c21. The Labute approximate surface area is 177 Å². The van der Waals surface area contributed by atoms with E-state index in [0.29, 0.717) is 17.2 Å². The van der Waals surface area contributed by atoms with E-state index in [9.17, 15) is 18.0 Å². The number of H-pyrrole nitrogens is 1. The number of aromatic amines is 1. The van der Waals surface area contributed by atoms with Crippen LogP contribution in [0, 0.1) is 0 Å². The Morgan fingerprint density at radius 1 is 1.19 bits per heavy atom. The lowest BCUT2D eigenvalue weighted by Gasteiger charge is -2.26. The molecule has 0 fully saturated rings. The number of carbonyl (C=O) groups is 1. The van der Waals surface area contributed by atoms with E-state index < -0.39 is 6.36 Å². The molecule has 0 unspecified atom stereocenters. The predicted octanol–water partition coefficient (Wildman–Crippen LogP) is 5.17. The zero-order chi connectivity index (χ0) is 22.2. The molecule has 1 aliphatic rings. The van der Waals surface area contributed by atoms with Crippen LogP contribution in [0.1, 0.15) is 35.3 Å². The molecule has 4 rings (SSSR count). The molecule has 162 valence electrons. The molecule has 0 spiro atoms. The molecule has 0 bridgehead atoms. The molecule has 0 saturated carbocycles. The number of nitrogens with zero attached hydrogens (tertiary/aromatic N) is 2. The number of aromatic nitrogens is 2. The summed E-state index contributed by atoms with van der Waals surface area (Å²) in [5.74, 6) is -0.410. The first-order valence-electron chi connectivity index (χ1n) is 10.0. The number of Topliss-reactive ketones (excluding diaryl/α,β-unsaturated/α-hetero) is 1.